The summed E-state index contributed by atoms with van der Waals surface area (Å²) in [7, 11) is 0. The Bertz CT molecular complexity index is 785. The maximum Gasteiger partial charge on any atom is 0.341 e. The van der Waals surface area contributed by atoms with Gasteiger partial charge in [0.25, 0.3) is 5.91 Å². The molecule has 106 valence electrons. The first kappa shape index (κ1) is 12.9. The molecular weight excluding hydrogens is 272 g/mol. The SMILES string of the molecule is O=C(NCc1ccc(-n2ccnc2)cc1)c1n[nH]c(=O)[nH]1. The molecule has 0 aliphatic carbocycles. The molecule has 8 heteroatoms. The lowest BCUT2D eigenvalue weighted by molar-refractivity contribution is 0.0941. The van der Waals surface area contributed by atoms with Crippen LogP contribution in [-0.2, 0) is 6.54 Å². The maximum atomic E-state index is 11.7. The number of hydrogen-bond acceptors (Lipinski definition) is 4. The van der Waals surface area contributed by atoms with Crippen LogP contribution in [0.25, 0.3) is 5.69 Å². The fraction of sp³-hybridized carbons (Fsp3) is 0.0769. The van der Waals surface area contributed by atoms with E-state index in [0.717, 1.165) is 11.3 Å². The summed E-state index contributed by atoms with van der Waals surface area (Å²) in [5.74, 6) is -0.470. The van der Waals surface area contributed by atoms with Crippen LogP contribution in [0.3, 0.4) is 0 Å². The van der Waals surface area contributed by atoms with Gasteiger partial charge >= 0.3 is 5.69 Å². The Morgan fingerprint density at radius 2 is 2.10 bits per heavy atom. The summed E-state index contributed by atoms with van der Waals surface area (Å²) < 4.78 is 1.89. The minimum atomic E-state index is -0.509. The lowest BCUT2D eigenvalue weighted by Crippen LogP contribution is -2.24. The van der Waals surface area contributed by atoms with Crippen molar-refractivity contribution in [3.8, 4) is 5.69 Å². The van der Waals surface area contributed by atoms with E-state index in [9.17, 15) is 9.59 Å². The number of carbonyl (C=O) groups is 1. The predicted molar refractivity (Wildman–Crippen MR) is 73.9 cm³/mol. The highest BCUT2D eigenvalue weighted by Gasteiger charge is 2.09. The van der Waals surface area contributed by atoms with E-state index in [1.54, 1.807) is 12.5 Å². The number of aromatic amines is 2. The number of benzene rings is 1. The number of nitrogens with one attached hydrogen (secondary N) is 3. The molecule has 21 heavy (non-hydrogen) atoms. The fourth-order valence-corrected chi connectivity index (χ4v) is 1.84. The molecule has 3 rings (SSSR count). The zero-order valence-electron chi connectivity index (χ0n) is 10.9. The van der Waals surface area contributed by atoms with E-state index in [1.807, 2.05) is 35.0 Å². The van der Waals surface area contributed by atoms with E-state index >= 15 is 0 Å². The van der Waals surface area contributed by atoms with Crippen LogP contribution >= 0.6 is 0 Å². The molecule has 8 nitrogen and oxygen atoms in total. The standard InChI is InChI=1S/C13H12N6O2/c20-12(11-16-13(21)18-17-11)15-7-9-1-3-10(4-2-9)19-6-5-14-8-19/h1-6,8H,7H2,(H,15,20)(H2,16,17,18,21). The van der Waals surface area contributed by atoms with Gasteiger partial charge in [0.2, 0.25) is 5.82 Å². The Kier molecular flexibility index (Phi) is 3.34. The third-order valence-corrected chi connectivity index (χ3v) is 2.91. The van der Waals surface area contributed by atoms with E-state index in [4.69, 9.17) is 0 Å². The van der Waals surface area contributed by atoms with Gasteiger partial charge < -0.3 is 9.88 Å². The second-order valence-electron chi connectivity index (χ2n) is 4.35. The van der Waals surface area contributed by atoms with Crippen molar-refractivity contribution < 1.29 is 4.79 Å². The van der Waals surface area contributed by atoms with Gasteiger partial charge in [-0.05, 0) is 17.7 Å². The Morgan fingerprint density at radius 3 is 2.71 bits per heavy atom. The Hall–Kier alpha value is -3.16. The van der Waals surface area contributed by atoms with Gasteiger partial charge in [0.05, 0.1) is 6.33 Å². The van der Waals surface area contributed by atoms with Crippen molar-refractivity contribution in [2.24, 2.45) is 0 Å². The highest BCUT2D eigenvalue weighted by atomic mass is 16.2. The zero-order valence-corrected chi connectivity index (χ0v) is 10.9. The van der Waals surface area contributed by atoms with Gasteiger partial charge in [0.1, 0.15) is 0 Å². The van der Waals surface area contributed by atoms with Gasteiger partial charge in [-0.3, -0.25) is 9.78 Å². The number of hydrogen-bond donors (Lipinski definition) is 3. The first-order valence-corrected chi connectivity index (χ1v) is 6.22. The normalized spacial score (nSPS) is 10.5. The lowest BCUT2D eigenvalue weighted by Gasteiger charge is -2.05. The van der Waals surface area contributed by atoms with Crippen LogP contribution in [0.15, 0.2) is 47.8 Å². The molecule has 0 bridgehead atoms. The Labute approximate surface area is 118 Å². The number of H-pyrrole nitrogens is 2. The van der Waals surface area contributed by atoms with E-state index in [0.29, 0.717) is 6.54 Å². The predicted octanol–water partition coefficient (Wildman–Crippen LogP) is 0.214. The third-order valence-electron chi connectivity index (χ3n) is 2.91. The maximum absolute atomic E-state index is 11.7. The van der Waals surface area contributed by atoms with Crippen molar-refractivity contribution in [2.75, 3.05) is 0 Å². The number of aromatic nitrogens is 5. The van der Waals surface area contributed by atoms with E-state index in [1.165, 1.54) is 0 Å². The molecule has 3 aromatic rings. The van der Waals surface area contributed by atoms with Crippen LogP contribution < -0.4 is 11.0 Å². The molecule has 0 saturated carbocycles. The number of rotatable bonds is 4. The van der Waals surface area contributed by atoms with Crippen molar-refractivity contribution in [1.29, 1.82) is 0 Å². The molecule has 1 amide bonds. The molecule has 2 heterocycles. The summed E-state index contributed by atoms with van der Waals surface area (Å²) in [6.45, 7) is 0.345. The summed E-state index contributed by atoms with van der Waals surface area (Å²) >= 11 is 0. The monoisotopic (exact) mass is 284 g/mol. The number of imidazole rings is 1. The molecule has 0 spiro atoms. The quantitative estimate of drug-likeness (QED) is 0.636. The smallest absolute Gasteiger partial charge is 0.341 e. The minimum absolute atomic E-state index is 0.0324. The van der Waals surface area contributed by atoms with Crippen LogP contribution in [0.4, 0.5) is 0 Å². The molecule has 0 aliphatic rings. The van der Waals surface area contributed by atoms with Gasteiger partial charge in [0, 0.05) is 24.6 Å². The summed E-state index contributed by atoms with van der Waals surface area (Å²) in [5, 5.41) is 8.37. The molecule has 0 saturated heterocycles. The van der Waals surface area contributed by atoms with Crippen molar-refractivity contribution in [1.82, 2.24) is 30.0 Å². The van der Waals surface area contributed by atoms with Crippen molar-refractivity contribution in [3.05, 3.63) is 64.9 Å². The van der Waals surface area contributed by atoms with Crippen LogP contribution in [-0.4, -0.2) is 30.6 Å². The first-order chi connectivity index (χ1) is 10.2. The molecule has 0 aliphatic heterocycles. The van der Waals surface area contributed by atoms with Gasteiger partial charge in [-0.2, -0.15) is 0 Å². The van der Waals surface area contributed by atoms with E-state index in [-0.39, 0.29) is 5.82 Å². The van der Waals surface area contributed by atoms with Gasteiger partial charge in [-0.25, -0.2) is 14.9 Å². The first-order valence-electron chi connectivity index (χ1n) is 6.22. The molecule has 0 radical (unpaired) electrons. The number of carbonyl (C=O) groups excluding carboxylic acids is 1. The lowest BCUT2D eigenvalue weighted by atomic mass is 10.2. The van der Waals surface area contributed by atoms with Crippen molar-refractivity contribution in [2.45, 2.75) is 6.54 Å². The van der Waals surface area contributed by atoms with E-state index in [2.05, 4.69) is 25.5 Å². The highest BCUT2D eigenvalue weighted by Crippen LogP contribution is 2.09. The highest BCUT2D eigenvalue weighted by molar-refractivity contribution is 5.90. The average Bonchev–Trinajstić information content (AvgIpc) is 3.16. The topological polar surface area (TPSA) is 108 Å². The van der Waals surface area contributed by atoms with Crippen molar-refractivity contribution >= 4 is 5.91 Å². The molecule has 3 N–H and O–H groups in total. The second-order valence-corrected chi connectivity index (χ2v) is 4.35. The van der Waals surface area contributed by atoms with Crippen LogP contribution in [0, 0.1) is 0 Å². The summed E-state index contributed by atoms with van der Waals surface area (Å²) in [4.78, 5) is 28.8. The summed E-state index contributed by atoms with van der Waals surface area (Å²) in [6.07, 6.45) is 5.27. The largest absolute Gasteiger partial charge is 0.345 e. The minimum Gasteiger partial charge on any atom is -0.345 e. The molecule has 2 aromatic heterocycles. The van der Waals surface area contributed by atoms with Crippen LogP contribution in [0.1, 0.15) is 16.2 Å². The Morgan fingerprint density at radius 1 is 1.29 bits per heavy atom. The zero-order chi connectivity index (χ0) is 14.7. The van der Waals surface area contributed by atoms with E-state index < -0.39 is 11.6 Å². The summed E-state index contributed by atoms with van der Waals surface area (Å²) in [5.41, 5.74) is 1.41. The molecule has 0 atom stereocenters. The second kappa shape index (κ2) is 5.45. The van der Waals surface area contributed by atoms with Gasteiger partial charge in [-0.15, -0.1) is 5.10 Å². The third kappa shape index (κ3) is 2.89. The van der Waals surface area contributed by atoms with Gasteiger partial charge in [0.15, 0.2) is 0 Å². The molecule has 0 unspecified atom stereocenters. The molecular formula is C13H12N6O2. The number of amides is 1. The molecule has 1 aromatic carbocycles. The number of nitrogens with zero attached hydrogens (tertiary/aromatic N) is 3. The van der Waals surface area contributed by atoms with Crippen LogP contribution in [0.2, 0.25) is 0 Å². The Balaban J connectivity index is 1.63. The molecule has 0 fully saturated rings. The van der Waals surface area contributed by atoms with Gasteiger partial charge in [-0.1, -0.05) is 12.1 Å². The van der Waals surface area contributed by atoms with Crippen molar-refractivity contribution in [3.63, 3.8) is 0 Å². The summed E-state index contributed by atoms with van der Waals surface area (Å²) in [6, 6.07) is 7.67. The average molecular weight is 284 g/mol. The fourth-order valence-electron chi connectivity index (χ4n) is 1.84. The van der Waals surface area contributed by atoms with Crippen LogP contribution in [0.5, 0.6) is 0 Å².